The van der Waals surface area contributed by atoms with E-state index in [0.29, 0.717) is 12.6 Å². The summed E-state index contributed by atoms with van der Waals surface area (Å²) in [5.74, 6) is 0.0517. The van der Waals surface area contributed by atoms with Gasteiger partial charge in [0.05, 0.1) is 6.54 Å². The van der Waals surface area contributed by atoms with Gasteiger partial charge in [0.2, 0.25) is 5.91 Å². The fourth-order valence-electron chi connectivity index (χ4n) is 3.43. The largest absolute Gasteiger partial charge is 0.325 e. The molecule has 1 N–H and O–H groups in total. The van der Waals surface area contributed by atoms with Crippen molar-refractivity contribution in [3.8, 4) is 0 Å². The van der Waals surface area contributed by atoms with Crippen molar-refractivity contribution in [2.75, 3.05) is 18.4 Å². The summed E-state index contributed by atoms with van der Waals surface area (Å²) in [4.78, 5) is 16.2. The van der Waals surface area contributed by atoms with Crippen molar-refractivity contribution < 1.29 is 4.79 Å². The Labute approximate surface area is 145 Å². The van der Waals surface area contributed by atoms with Crippen molar-refractivity contribution in [1.82, 2.24) is 4.90 Å². The molecule has 3 nitrogen and oxygen atoms in total. The summed E-state index contributed by atoms with van der Waals surface area (Å²) in [6.07, 6.45) is 1.04. The Kier molecular flexibility index (Phi) is 4.08. The molecule has 2 aromatic carbocycles. The van der Waals surface area contributed by atoms with E-state index in [9.17, 15) is 4.79 Å². The van der Waals surface area contributed by atoms with E-state index in [1.807, 2.05) is 41.7 Å². The Morgan fingerprint density at radius 2 is 2.04 bits per heavy atom. The molecule has 4 heteroatoms. The normalized spacial score (nSPS) is 17.6. The molecule has 1 aliphatic rings. The predicted octanol–water partition coefficient (Wildman–Crippen LogP) is 4.46. The highest BCUT2D eigenvalue weighted by Crippen LogP contribution is 2.32. The summed E-state index contributed by atoms with van der Waals surface area (Å²) < 4.78 is 0. The topological polar surface area (TPSA) is 32.3 Å². The van der Waals surface area contributed by atoms with Crippen LogP contribution in [0.3, 0.4) is 0 Å². The molecule has 1 aromatic heterocycles. The standard InChI is InChI=1S/C20H20N2OS/c1-14-18-9-11-24-19(18)8-10-22(14)13-20(23)21-17-7-6-15-4-2-3-5-16(15)12-17/h2-7,9,11-12,14H,8,10,13H2,1H3,(H,21,23)/t14-/m0/s1. The molecule has 0 aliphatic carbocycles. The van der Waals surface area contributed by atoms with Crippen molar-refractivity contribution in [2.24, 2.45) is 0 Å². The average molecular weight is 336 g/mol. The Morgan fingerprint density at radius 1 is 1.21 bits per heavy atom. The minimum atomic E-state index is 0.0517. The number of anilines is 1. The first-order valence-electron chi connectivity index (χ1n) is 8.30. The van der Waals surface area contributed by atoms with Crippen molar-refractivity contribution in [1.29, 1.82) is 0 Å². The van der Waals surface area contributed by atoms with Gasteiger partial charge in [0.1, 0.15) is 0 Å². The number of nitrogens with one attached hydrogen (secondary N) is 1. The van der Waals surface area contributed by atoms with Gasteiger partial charge in [-0.1, -0.05) is 30.3 Å². The van der Waals surface area contributed by atoms with Crippen LogP contribution in [0.25, 0.3) is 10.8 Å². The summed E-state index contributed by atoms with van der Waals surface area (Å²) >= 11 is 1.83. The van der Waals surface area contributed by atoms with Crippen LogP contribution >= 0.6 is 11.3 Å². The first kappa shape index (κ1) is 15.4. The van der Waals surface area contributed by atoms with E-state index >= 15 is 0 Å². The number of fused-ring (bicyclic) bond motifs is 2. The maximum Gasteiger partial charge on any atom is 0.238 e. The molecule has 0 spiro atoms. The zero-order valence-electron chi connectivity index (χ0n) is 13.7. The van der Waals surface area contributed by atoms with Crippen molar-refractivity contribution >= 4 is 33.7 Å². The molecular weight excluding hydrogens is 316 g/mol. The molecular formula is C20H20N2OS. The number of benzene rings is 2. The lowest BCUT2D eigenvalue weighted by molar-refractivity contribution is -0.117. The second-order valence-corrected chi connectivity index (χ2v) is 7.31. The quantitative estimate of drug-likeness (QED) is 0.766. The van der Waals surface area contributed by atoms with E-state index in [1.165, 1.54) is 15.8 Å². The zero-order valence-corrected chi connectivity index (χ0v) is 14.5. The minimum Gasteiger partial charge on any atom is -0.325 e. The average Bonchev–Trinajstić information content (AvgIpc) is 3.07. The Bertz CT molecular complexity index is 886. The predicted molar refractivity (Wildman–Crippen MR) is 101 cm³/mol. The van der Waals surface area contributed by atoms with Gasteiger partial charge in [-0.25, -0.2) is 0 Å². The van der Waals surface area contributed by atoms with E-state index in [-0.39, 0.29) is 5.91 Å². The van der Waals surface area contributed by atoms with E-state index < -0.39 is 0 Å². The van der Waals surface area contributed by atoms with Crippen LogP contribution in [0.5, 0.6) is 0 Å². The smallest absolute Gasteiger partial charge is 0.238 e. The maximum atomic E-state index is 12.5. The van der Waals surface area contributed by atoms with E-state index in [4.69, 9.17) is 0 Å². The molecule has 1 atom stereocenters. The fourth-order valence-corrected chi connectivity index (χ4v) is 4.39. The monoisotopic (exact) mass is 336 g/mol. The van der Waals surface area contributed by atoms with Gasteiger partial charge >= 0.3 is 0 Å². The van der Waals surface area contributed by atoms with Gasteiger partial charge in [-0.15, -0.1) is 11.3 Å². The molecule has 0 radical (unpaired) electrons. The number of carbonyl (C=O) groups excluding carboxylic acids is 1. The van der Waals surface area contributed by atoms with Gasteiger partial charge in [-0.05, 0) is 53.3 Å². The number of rotatable bonds is 3. The Morgan fingerprint density at radius 3 is 2.92 bits per heavy atom. The summed E-state index contributed by atoms with van der Waals surface area (Å²) in [5, 5.41) is 7.52. The molecule has 3 aromatic rings. The first-order valence-corrected chi connectivity index (χ1v) is 9.17. The number of nitrogens with zero attached hydrogens (tertiary/aromatic N) is 1. The Balaban J connectivity index is 1.44. The highest BCUT2D eigenvalue weighted by molar-refractivity contribution is 7.10. The summed E-state index contributed by atoms with van der Waals surface area (Å²) in [6, 6.07) is 16.7. The molecule has 24 heavy (non-hydrogen) atoms. The molecule has 122 valence electrons. The third-order valence-corrected chi connectivity index (χ3v) is 5.78. The number of hydrogen-bond donors (Lipinski definition) is 1. The summed E-state index contributed by atoms with van der Waals surface area (Å²) in [5.41, 5.74) is 2.24. The Hall–Kier alpha value is -2.17. The molecule has 1 aliphatic heterocycles. The number of hydrogen-bond acceptors (Lipinski definition) is 3. The van der Waals surface area contributed by atoms with Crippen LogP contribution in [0.15, 0.2) is 53.9 Å². The maximum absolute atomic E-state index is 12.5. The van der Waals surface area contributed by atoms with Crippen molar-refractivity contribution in [3.05, 3.63) is 64.4 Å². The lowest BCUT2D eigenvalue weighted by atomic mass is 10.0. The molecule has 0 saturated heterocycles. The van der Waals surface area contributed by atoms with Gasteiger partial charge in [0.25, 0.3) is 0 Å². The first-order chi connectivity index (χ1) is 11.7. The summed E-state index contributed by atoms with van der Waals surface area (Å²) in [6.45, 7) is 3.57. The van der Waals surface area contributed by atoms with Gasteiger partial charge in [0.15, 0.2) is 0 Å². The van der Waals surface area contributed by atoms with Gasteiger partial charge in [0, 0.05) is 23.2 Å². The third kappa shape index (κ3) is 2.95. The second-order valence-electron chi connectivity index (χ2n) is 6.31. The van der Waals surface area contributed by atoms with Crippen molar-refractivity contribution in [3.63, 3.8) is 0 Å². The second kappa shape index (κ2) is 6.38. The van der Waals surface area contributed by atoms with Crippen LogP contribution in [0.1, 0.15) is 23.4 Å². The van der Waals surface area contributed by atoms with Gasteiger partial charge < -0.3 is 5.32 Å². The fraction of sp³-hybridized carbons (Fsp3) is 0.250. The number of thiophene rings is 1. The lowest BCUT2D eigenvalue weighted by Crippen LogP contribution is -2.39. The molecule has 4 rings (SSSR count). The van der Waals surface area contributed by atoms with Gasteiger partial charge in [-0.2, -0.15) is 0 Å². The lowest BCUT2D eigenvalue weighted by Gasteiger charge is -2.32. The third-order valence-electron chi connectivity index (χ3n) is 4.78. The molecule has 0 unspecified atom stereocenters. The van der Waals surface area contributed by atoms with E-state index in [1.54, 1.807) is 0 Å². The van der Waals surface area contributed by atoms with Crippen LogP contribution in [-0.4, -0.2) is 23.9 Å². The van der Waals surface area contributed by atoms with E-state index in [2.05, 4.69) is 40.7 Å². The minimum absolute atomic E-state index is 0.0517. The molecule has 2 heterocycles. The SMILES string of the molecule is C[C@H]1c2ccsc2CCN1CC(=O)Nc1ccc2ccccc2c1. The highest BCUT2D eigenvalue weighted by Gasteiger charge is 2.26. The van der Waals surface area contributed by atoms with Crippen LogP contribution in [0, 0.1) is 0 Å². The van der Waals surface area contributed by atoms with Crippen molar-refractivity contribution in [2.45, 2.75) is 19.4 Å². The molecule has 0 bridgehead atoms. The summed E-state index contributed by atoms with van der Waals surface area (Å²) in [7, 11) is 0. The molecule has 0 fully saturated rings. The van der Waals surface area contributed by atoms with Crippen LogP contribution in [-0.2, 0) is 11.2 Å². The molecule has 1 amide bonds. The van der Waals surface area contributed by atoms with E-state index in [0.717, 1.165) is 24.0 Å². The zero-order chi connectivity index (χ0) is 16.5. The van der Waals surface area contributed by atoms with Crippen LogP contribution in [0.2, 0.25) is 0 Å². The van der Waals surface area contributed by atoms with Crippen LogP contribution < -0.4 is 5.32 Å². The highest BCUT2D eigenvalue weighted by atomic mass is 32.1. The van der Waals surface area contributed by atoms with Gasteiger partial charge in [-0.3, -0.25) is 9.69 Å². The molecule has 0 saturated carbocycles. The number of carbonyl (C=O) groups is 1. The number of amides is 1. The van der Waals surface area contributed by atoms with Crippen LogP contribution in [0.4, 0.5) is 5.69 Å².